The maximum atomic E-state index is 13.3. The summed E-state index contributed by atoms with van der Waals surface area (Å²) in [4.78, 5) is 17.9. The largest absolute Gasteiger partial charge is 0.416 e. The predicted octanol–water partition coefficient (Wildman–Crippen LogP) is 5.24. The number of hydrogen-bond acceptors (Lipinski definition) is 5. The molecule has 0 saturated heterocycles. The van der Waals surface area contributed by atoms with Gasteiger partial charge in [-0.3, -0.25) is 4.79 Å². The lowest BCUT2D eigenvalue weighted by atomic mass is 9.94. The molecule has 4 rings (SSSR count). The lowest BCUT2D eigenvalue weighted by Gasteiger charge is -2.33. The number of ketones is 1. The topological polar surface area (TPSA) is 57.3 Å². The van der Waals surface area contributed by atoms with E-state index in [0.717, 1.165) is 22.1 Å². The summed E-state index contributed by atoms with van der Waals surface area (Å²) in [5, 5.41) is 11.8. The Kier molecular flexibility index (Phi) is 5.71. The highest BCUT2D eigenvalue weighted by molar-refractivity contribution is 9.10. The van der Waals surface area contributed by atoms with Crippen LogP contribution in [0.2, 0.25) is 4.47 Å². The first kappa shape index (κ1) is 21.4. The molecule has 2 unspecified atom stereocenters. The van der Waals surface area contributed by atoms with Gasteiger partial charge in [0.2, 0.25) is 6.17 Å². The van der Waals surface area contributed by atoms with E-state index < -0.39 is 29.7 Å². The lowest BCUT2D eigenvalue weighted by molar-refractivity contribution is -0.764. The number of alkyl halides is 3. The van der Waals surface area contributed by atoms with Crippen molar-refractivity contribution in [2.24, 2.45) is 0 Å². The molecule has 3 aromatic rings. The molecule has 1 N–H and O–H groups in total. The monoisotopic (exact) mass is 518 g/mol. The summed E-state index contributed by atoms with van der Waals surface area (Å²) in [6, 6.07) is 6.86. The molecule has 0 bridgehead atoms. The fourth-order valence-corrected chi connectivity index (χ4v) is 4.99. The molecule has 0 aliphatic carbocycles. The molecule has 2 aromatic heterocycles. The second-order valence-corrected chi connectivity index (χ2v) is 9.29. The number of aromatic nitrogens is 2. The molecule has 11 heteroatoms. The van der Waals surface area contributed by atoms with Crippen LogP contribution in [0.25, 0.3) is 0 Å². The molecule has 0 spiro atoms. The molecule has 0 saturated carbocycles. The van der Waals surface area contributed by atoms with Crippen LogP contribution in [0.1, 0.15) is 38.7 Å². The van der Waals surface area contributed by atoms with E-state index in [1.807, 2.05) is 0 Å². The molecule has 0 fully saturated rings. The van der Waals surface area contributed by atoms with Crippen molar-refractivity contribution in [3.8, 4) is 0 Å². The van der Waals surface area contributed by atoms with E-state index in [9.17, 15) is 23.2 Å². The van der Waals surface area contributed by atoms with Crippen molar-refractivity contribution in [3.05, 3.63) is 79.4 Å². The van der Waals surface area contributed by atoms with Crippen LogP contribution in [0, 0.1) is 0 Å². The van der Waals surface area contributed by atoms with E-state index in [1.54, 1.807) is 35.2 Å². The Morgan fingerprint density at radius 3 is 2.73 bits per heavy atom. The first-order chi connectivity index (χ1) is 14.1. The quantitative estimate of drug-likeness (QED) is 0.481. The molecule has 1 aliphatic heterocycles. The molecular weight excluding hydrogens is 507 g/mol. The molecule has 156 valence electrons. The van der Waals surface area contributed by atoms with Crippen molar-refractivity contribution in [2.45, 2.75) is 24.8 Å². The number of hydrogen-bond donors (Lipinski definition) is 1. The number of carbonyl (C=O) groups is 1. The molecule has 2 atom stereocenters. The summed E-state index contributed by atoms with van der Waals surface area (Å²) in [6.07, 6.45) is -1.87. The summed E-state index contributed by atoms with van der Waals surface area (Å²) in [7, 11) is 0. The highest BCUT2D eigenvalue weighted by Crippen LogP contribution is 2.38. The summed E-state index contributed by atoms with van der Waals surface area (Å²) >= 11 is 10.2. The van der Waals surface area contributed by atoms with E-state index in [4.69, 9.17) is 11.6 Å². The fourth-order valence-electron chi connectivity index (χ4n) is 3.47. The van der Waals surface area contributed by atoms with Crippen LogP contribution in [0.3, 0.4) is 0 Å². The van der Waals surface area contributed by atoms with Crippen LogP contribution in [0.4, 0.5) is 13.2 Å². The number of thiazole rings is 1. The normalized spacial score (nSPS) is 19.7. The third kappa shape index (κ3) is 4.02. The van der Waals surface area contributed by atoms with Crippen molar-refractivity contribution in [1.29, 1.82) is 0 Å². The van der Waals surface area contributed by atoms with Crippen LogP contribution in [0.15, 0.2) is 53.3 Å². The average Bonchev–Trinajstić information content (AvgIpc) is 3.09. The molecular formula is C19H13BrClF3N3O2S+. The van der Waals surface area contributed by atoms with E-state index in [0.29, 0.717) is 4.47 Å². The van der Waals surface area contributed by atoms with Crippen LogP contribution in [-0.4, -0.2) is 21.0 Å². The van der Waals surface area contributed by atoms with Gasteiger partial charge in [-0.15, -0.1) is 16.4 Å². The van der Waals surface area contributed by atoms with Gasteiger partial charge in [0.1, 0.15) is 6.04 Å². The summed E-state index contributed by atoms with van der Waals surface area (Å²) in [6.45, 7) is 0. The van der Waals surface area contributed by atoms with Crippen LogP contribution < -0.4 is 4.57 Å². The summed E-state index contributed by atoms with van der Waals surface area (Å²) in [5.41, 5.74) is -0.598. The van der Waals surface area contributed by atoms with Crippen molar-refractivity contribution >= 4 is 44.7 Å². The fraction of sp³-hybridized carbons (Fsp3) is 0.211. The van der Waals surface area contributed by atoms with Gasteiger partial charge in [-0.05, 0) is 29.8 Å². The number of carbonyl (C=O) groups excluding carboxylic acids is 1. The minimum absolute atomic E-state index is 0.0339. The Bertz CT molecular complexity index is 1120. The second kappa shape index (κ2) is 8.01. The summed E-state index contributed by atoms with van der Waals surface area (Å²) in [5.74, 6) is -0.511. The molecule has 3 heterocycles. The highest BCUT2D eigenvalue weighted by atomic mass is 79.9. The smallest absolute Gasteiger partial charge is 0.307 e. The van der Waals surface area contributed by atoms with Gasteiger partial charge in [-0.1, -0.05) is 27.5 Å². The van der Waals surface area contributed by atoms with E-state index in [-0.39, 0.29) is 22.2 Å². The Morgan fingerprint density at radius 1 is 1.30 bits per heavy atom. The number of benzene rings is 1. The molecule has 0 amide bonds. The number of fused-ring (bicyclic) bond motifs is 1. The van der Waals surface area contributed by atoms with Crippen molar-refractivity contribution in [1.82, 2.24) is 10.0 Å². The Morgan fingerprint density at radius 2 is 2.07 bits per heavy atom. The third-order valence-corrected chi connectivity index (χ3v) is 6.35. The van der Waals surface area contributed by atoms with Crippen LogP contribution >= 0.6 is 38.9 Å². The zero-order chi connectivity index (χ0) is 21.6. The van der Waals surface area contributed by atoms with Crippen LogP contribution in [0.5, 0.6) is 0 Å². The minimum Gasteiger partial charge on any atom is -0.307 e. The van der Waals surface area contributed by atoms with Crippen molar-refractivity contribution < 1.29 is 27.7 Å². The number of rotatable bonds is 3. The zero-order valence-electron chi connectivity index (χ0n) is 15.0. The van der Waals surface area contributed by atoms with E-state index in [2.05, 4.69) is 20.9 Å². The zero-order valence-corrected chi connectivity index (χ0v) is 18.1. The van der Waals surface area contributed by atoms with Gasteiger partial charge in [0, 0.05) is 27.7 Å². The number of Topliss-reactive ketones (excluding diaryl/α,β-unsaturated/α-hetero) is 1. The van der Waals surface area contributed by atoms with Gasteiger partial charge in [-0.25, -0.2) is 4.98 Å². The maximum Gasteiger partial charge on any atom is 0.416 e. The first-order valence-electron chi connectivity index (χ1n) is 8.64. The van der Waals surface area contributed by atoms with E-state index >= 15 is 0 Å². The Labute approximate surface area is 186 Å². The first-order valence-corrected chi connectivity index (χ1v) is 10.6. The van der Waals surface area contributed by atoms with Gasteiger partial charge in [0.25, 0.3) is 11.5 Å². The van der Waals surface area contributed by atoms with Crippen molar-refractivity contribution in [2.75, 3.05) is 0 Å². The molecule has 1 aromatic carbocycles. The number of pyridine rings is 1. The molecule has 5 nitrogen and oxygen atoms in total. The highest BCUT2D eigenvalue weighted by Gasteiger charge is 2.47. The Balaban J connectivity index is 1.82. The van der Waals surface area contributed by atoms with Gasteiger partial charge in [0.15, 0.2) is 10.7 Å². The predicted molar refractivity (Wildman–Crippen MR) is 106 cm³/mol. The lowest BCUT2D eigenvalue weighted by Crippen LogP contribution is -2.59. The third-order valence-electron chi connectivity index (χ3n) is 4.75. The number of halogens is 5. The minimum atomic E-state index is -4.60. The second-order valence-electron chi connectivity index (χ2n) is 6.68. The van der Waals surface area contributed by atoms with Gasteiger partial charge in [0.05, 0.1) is 12.0 Å². The van der Waals surface area contributed by atoms with E-state index in [1.165, 1.54) is 17.4 Å². The number of nitrogens with zero attached hydrogens (tertiary/aromatic N) is 3. The summed E-state index contributed by atoms with van der Waals surface area (Å²) < 4.78 is 42.0. The van der Waals surface area contributed by atoms with Gasteiger partial charge >= 0.3 is 6.18 Å². The molecule has 1 aliphatic rings. The van der Waals surface area contributed by atoms with Gasteiger partial charge in [-0.2, -0.15) is 17.7 Å². The standard InChI is InChI=1S/C19H13BrClF3N3O2S/c20-12-6-10(5-11(7-12)19(22,23)24)16-17(28)14-3-1-2-4-26(14)15(27(16)29)8-13-9-25-18(21)30-13/h1-7,9,15-16,29H,8H2/q+1. The average molecular weight is 520 g/mol. The Hall–Kier alpha value is -1.85. The van der Waals surface area contributed by atoms with Gasteiger partial charge < -0.3 is 5.21 Å². The molecule has 0 radical (unpaired) electrons. The van der Waals surface area contributed by atoms with Crippen LogP contribution in [-0.2, 0) is 12.6 Å². The molecule has 30 heavy (non-hydrogen) atoms. The maximum absolute atomic E-state index is 13.3. The van der Waals surface area contributed by atoms with Crippen molar-refractivity contribution in [3.63, 3.8) is 0 Å². The SMILES string of the molecule is O=C1c2cccc[n+]2C(Cc2cnc(Cl)s2)N(O)C1c1cc(Br)cc(C(F)(F)F)c1. The number of hydroxylamine groups is 2.